The number of benzene rings is 1. The number of hydrogen-bond donors (Lipinski definition) is 0. The van der Waals surface area contributed by atoms with Crippen molar-refractivity contribution < 1.29 is 9.47 Å². The van der Waals surface area contributed by atoms with Crippen LogP contribution in [0.4, 0.5) is 0 Å². The van der Waals surface area contributed by atoms with Gasteiger partial charge in [-0.2, -0.15) is 0 Å². The van der Waals surface area contributed by atoms with Gasteiger partial charge in [0.05, 0.1) is 19.2 Å². The molecule has 3 heteroatoms. The maximum absolute atomic E-state index is 6.15. The highest BCUT2D eigenvalue weighted by Crippen LogP contribution is 2.33. The van der Waals surface area contributed by atoms with E-state index in [9.17, 15) is 0 Å². The minimum Gasteiger partial charge on any atom is -0.496 e. The predicted octanol–water partition coefficient (Wildman–Crippen LogP) is 4.50. The van der Waals surface area contributed by atoms with Gasteiger partial charge in [0.1, 0.15) is 11.5 Å². The van der Waals surface area contributed by atoms with Crippen molar-refractivity contribution in [1.29, 1.82) is 0 Å². The predicted molar refractivity (Wildman–Crippen MR) is 76.9 cm³/mol. The Labute approximate surface area is 115 Å². The van der Waals surface area contributed by atoms with Gasteiger partial charge >= 0.3 is 0 Å². The molecule has 0 aliphatic heterocycles. The summed E-state index contributed by atoms with van der Waals surface area (Å²) in [5, 5.41) is 0.625. The lowest BCUT2D eigenvalue weighted by atomic mass is 9.99. The normalized spacial score (nSPS) is 12.7. The molecule has 0 fully saturated rings. The highest BCUT2D eigenvalue weighted by molar-refractivity contribution is 6.32. The van der Waals surface area contributed by atoms with Crippen LogP contribution >= 0.6 is 11.6 Å². The number of ether oxygens (including phenoxy) is 2. The fourth-order valence-electron chi connectivity index (χ4n) is 1.87. The van der Waals surface area contributed by atoms with Crippen molar-refractivity contribution in [3.05, 3.63) is 34.9 Å². The van der Waals surface area contributed by atoms with E-state index in [-0.39, 0.29) is 0 Å². The lowest BCUT2D eigenvalue weighted by Crippen LogP contribution is -2.00. The van der Waals surface area contributed by atoms with Gasteiger partial charge < -0.3 is 9.47 Å². The van der Waals surface area contributed by atoms with Crippen molar-refractivity contribution >= 4 is 11.6 Å². The largest absolute Gasteiger partial charge is 0.496 e. The molecule has 0 saturated heterocycles. The van der Waals surface area contributed by atoms with Crippen LogP contribution in [-0.2, 0) is 6.42 Å². The number of halogens is 1. The van der Waals surface area contributed by atoms with Crippen LogP contribution < -0.4 is 9.47 Å². The Hall–Kier alpha value is -1.15. The van der Waals surface area contributed by atoms with Crippen LogP contribution in [0.25, 0.3) is 0 Å². The minimum absolute atomic E-state index is 0.461. The smallest absolute Gasteiger partial charge is 0.141 e. The summed E-state index contributed by atoms with van der Waals surface area (Å²) in [7, 11) is 3.27. The Morgan fingerprint density at radius 1 is 1.22 bits per heavy atom. The maximum Gasteiger partial charge on any atom is 0.141 e. The first kappa shape index (κ1) is 14.9. The molecule has 0 saturated carbocycles. The highest BCUT2D eigenvalue weighted by atomic mass is 35.5. The highest BCUT2D eigenvalue weighted by Gasteiger charge is 2.11. The molecule has 18 heavy (non-hydrogen) atoms. The molecule has 0 radical (unpaired) electrons. The van der Waals surface area contributed by atoms with Gasteiger partial charge in [0, 0.05) is 6.07 Å². The molecule has 0 aromatic heterocycles. The summed E-state index contributed by atoms with van der Waals surface area (Å²) in [5.41, 5.74) is 1.11. The Bertz CT molecular complexity index is 413. The van der Waals surface area contributed by atoms with E-state index in [1.807, 2.05) is 12.1 Å². The van der Waals surface area contributed by atoms with Crippen LogP contribution in [0.2, 0.25) is 5.02 Å². The molecule has 0 aliphatic carbocycles. The van der Waals surface area contributed by atoms with Gasteiger partial charge in [-0.25, -0.2) is 0 Å². The molecule has 1 atom stereocenters. The number of methoxy groups -OCH3 is 2. The van der Waals surface area contributed by atoms with Crippen molar-refractivity contribution in [2.75, 3.05) is 14.2 Å². The molecule has 100 valence electrons. The van der Waals surface area contributed by atoms with E-state index in [1.54, 1.807) is 14.2 Å². The summed E-state index contributed by atoms with van der Waals surface area (Å²) in [4.78, 5) is 0. The summed E-state index contributed by atoms with van der Waals surface area (Å²) < 4.78 is 10.6. The van der Waals surface area contributed by atoms with Gasteiger partial charge in [0.15, 0.2) is 0 Å². The molecule has 1 unspecified atom stereocenters. The van der Waals surface area contributed by atoms with E-state index in [0.717, 1.165) is 24.2 Å². The zero-order valence-electron chi connectivity index (χ0n) is 11.5. The van der Waals surface area contributed by atoms with E-state index >= 15 is 0 Å². The third-order valence-electron chi connectivity index (χ3n) is 2.80. The Balaban J connectivity index is 2.94. The van der Waals surface area contributed by atoms with E-state index in [1.165, 1.54) is 0 Å². The number of hydrogen-bond acceptors (Lipinski definition) is 2. The molecule has 0 bridgehead atoms. The van der Waals surface area contributed by atoms with Crippen molar-refractivity contribution in [3.63, 3.8) is 0 Å². The minimum atomic E-state index is 0.461. The molecular weight excluding hydrogens is 248 g/mol. The summed E-state index contributed by atoms with van der Waals surface area (Å²) >= 11 is 6.15. The fraction of sp³-hybridized carbons (Fsp3) is 0.467. The van der Waals surface area contributed by atoms with Crippen LogP contribution in [0.15, 0.2) is 24.3 Å². The first-order valence-electron chi connectivity index (χ1n) is 6.19. The van der Waals surface area contributed by atoms with Crippen LogP contribution in [-0.4, -0.2) is 14.2 Å². The molecule has 1 aromatic carbocycles. The molecule has 2 nitrogen and oxygen atoms in total. The van der Waals surface area contributed by atoms with E-state index < -0.39 is 0 Å². The van der Waals surface area contributed by atoms with E-state index in [2.05, 4.69) is 26.0 Å². The SMILES string of the molecule is CC/C=C\C(C)Cc1cc(Cl)c(OC)cc1OC. The van der Waals surface area contributed by atoms with Crippen LogP contribution in [0.1, 0.15) is 25.8 Å². The van der Waals surface area contributed by atoms with Gasteiger partial charge in [-0.05, 0) is 30.4 Å². The molecular formula is C15H21ClO2. The zero-order valence-corrected chi connectivity index (χ0v) is 12.3. The van der Waals surface area contributed by atoms with Gasteiger partial charge in [-0.15, -0.1) is 0 Å². The van der Waals surface area contributed by atoms with Crippen molar-refractivity contribution in [3.8, 4) is 11.5 Å². The molecule has 0 N–H and O–H groups in total. The molecule has 0 spiro atoms. The van der Waals surface area contributed by atoms with Gasteiger partial charge in [0.25, 0.3) is 0 Å². The third kappa shape index (κ3) is 3.95. The quantitative estimate of drug-likeness (QED) is 0.707. The summed E-state index contributed by atoms with van der Waals surface area (Å²) in [6, 6.07) is 3.77. The first-order valence-corrected chi connectivity index (χ1v) is 6.57. The van der Waals surface area contributed by atoms with Crippen molar-refractivity contribution in [2.45, 2.75) is 26.7 Å². The average Bonchev–Trinajstić information content (AvgIpc) is 2.36. The maximum atomic E-state index is 6.15. The molecule has 1 aromatic rings. The molecule has 1 rings (SSSR count). The van der Waals surface area contributed by atoms with Crippen molar-refractivity contribution in [2.24, 2.45) is 5.92 Å². The second-order valence-corrected chi connectivity index (χ2v) is 4.72. The van der Waals surface area contributed by atoms with Crippen LogP contribution in [0.3, 0.4) is 0 Å². The Morgan fingerprint density at radius 2 is 1.89 bits per heavy atom. The lowest BCUT2D eigenvalue weighted by Gasteiger charge is -2.14. The van der Waals surface area contributed by atoms with E-state index in [4.69, 9.17) is 21.1 Å². The summed E-state index contributed by atoms with van der Waals surface area (Å²) in [5.74, 6) is 1.94. The molecule has 0 aliphatic rings. The standard InChI is InChI=1S/C15H21ClO2/c1-5-6-7-11(2)8-12-9-13(16)15(18-4)10-14(12)17-3/h6-7,9-11H,5,8H2,1-4H3/b7-6-. The summed E-state index contributed by atoms with van der Waals surface area (Å²) in [6.45, 7) is 4.32. The van der Waals surface area contributed by atoms with Crippen LogP contribution in [0, 0.1) is 5.92 Å². The number of allylic oxidation sites excluding steroid dienone is 2. The number of rotatable bonds is 6. The first-order chi connectivity index (χ1) is 8.62. The average molecular weight is 269 g/mol. The van der Waals surface area contributed by atoms with Crippen molar-refractivity contribution in [1.82, 2.24) is 0 Å². The Kier molecular flexibility index (Phi) is 6.06. The molecule has 0 heterocycles. The monoisotopic (exact) mass is 268 g/mol. The van der Waals surface area contributed by atoms with Gasteiger partial charge in [-0.1, -0.05) is 37.6 Å². The molecule has 0 amide bonds. The van der Waals surface area contributed by atoms with E-state index in [0.29, 0.717) is 16.7 Å². The van der Waals surface area contributed by atoms with Gasteiger partial charge in [-0.3, -0.25) is 0 Å². The fourth-order valence-corrected chi connectivity index (χ4v) is 2.13. The second-order valence-electron chi connectivity index (χ2n) is 4.32. The second kappa shape index (κ2) is 7.32. The van der Waals surface area contributed by atoms with Gasteiger partial charge in [0.2, 0.25) is 0 Å². The topological polar surface area (TPSA) is 18.5 Å². The van der Waals surface area contributed by atoms with Crippen LogP contribution in [0.5, 0.6) is 11.5 Å². The summed E-state index contributed by atoms with van der Waals surface area (Å²) in [6.07, 6.45) is 6.37. The third-order valence-corrected chi connectivity index (χ3v) is 3.09. The zero-order chi connectivity index (χ0) is 13.5. The Morgan fingerprint density at radius 3 is 2.44 bits per heavy atom. The lowest BCUT2D eigenvalue weighted by molar-refractivity contribution is 0.390.